The van der Waals surface area contributed by atoms with E-state index in [1.54, 1.807) is 24.5 Å². The Balaban J connectivity index is 1.47. The molecule has 0 fully saturated rings. The van der Waals surface area contributed by atoms with Gasteiger partial charge in [-0.15, -0.1) is 6.42 Å². The van der Waals surface area contributed by atoms with Crippen LogP contribution in [0.25, 0.3) is 11.3 Å². The molecule has 4 rings (SSSR count). The minimum absolute atomic E-state index is 0.00809. The molecule has 0 spiro atoms. The van der Waals surface area contributed by atoms with E-state index in [9.17, 15) is 4.79 Å². The van der Waals surface area contributed by atoms with Crippen molar-refractivity contribution in [2.24, 2.45) is 0 Å². The summed E-state index contributed by atoms with van der Waals surface area (Å²) in [6.07, 6.45) is 8.97. The van der Waals surface area contributed by atoms with Gasteiger partial charge in [0.05, 0.1) is 35.0 Å². The van der Waals surface area contributed by atoms with Crippen molar-refractivity contribution in [2.75, 3.05) is 11.9 Å². The highest BCUT2D eigenvalue weighted by atomic mass is 35.5. The number of nitrogens with zero attached hydrogens (tertiary/aromatic N) is 2. The van der Waals surface area contributed by atoms with Crippen LogP contribution in [0.1, 0.15) is 17.2 Å². The first-order chi connectivity index (χ1) is 12.7. The molecule has 26 heavy (non-hydrogen) atoms. The van der Waals surface area contributed by atoms with E-state index in [0.717, 1.165) is 11.3 Å². The summed E-state index contributed by atoms with van der Waals surface area (Å²) in [5.41, 5.74) is 4.54. The van der Waals surface area contributed by atoms with E-state index in [-0.39, 0.29) is 12.1 Å². The number of anilines is 1. The topological polar surface area (TPSA) is 59.0 Å². The molecule has 0 radical (unpaired) electrons. The molecule has 1 aromatic heterocycles. The number of carbonyl (C=O) groups excluding carboxylic acids is 1. The standard InChI is InChI=1S/C20H15ClN4O/c1-2-13-7-8-17(16(21)9-13)24-20(26)23-11-19-15-6-4-3-5-14(15)18-10-22-12-25(18)19/h1,3-10,12,19H,11H2,(H2,23,24,26). The number of terminal acetylenes is 1. The van der Waals surface area contributed by atoms with Gasteiger partial charge in [-0.3, -0.25) is 0 Å². The molecule has 0 bridgehead atoms. The van der Waals surface area contributed by atoms with Crippen molar-refractivity contribution in [3.8, 4) is 23.6 Å². The van der Waals surface area contributed by atoms with Crippen molar-refractivity contribution in [1.82, 2.24) is 14.9 Å². The van der Waals surface area contributed by atoms with Crippen LogP contribution in [-0.2, 0) is 0 Å². The monoisotopic (exact) mass is 362 g/mol. The number of hydrogen-bond donors (Lipinski definition) is 2. The van der Waals surface area contributed by atoms with Gasteiger partial charge in [0.15, 0.2) is 0 Å². The number of halogens is 1. The Hall–Kier alpha value is -3.23. The smallest absolute Gasteiger partial charge is 0.319 e. The summed E-state index contributed by atoms with van der Waals surface area (Å²) in [7, 11) is 0. The zero-order valence-electron chi connectivity index (χ0n) is 13.7. The molecule has 6 heteroatoms. The van der Waals surface area contributed by atoms with E-state index >= 15 is 0 Å². The molecular weight excluding hydrogens is 348 g/mol. The average molecular weight is 363 g/mol. The fraction of sp³-hybridized carbons (Fsp3) is 0.100. The van der Waals surface area contributed by atoms with E-state index < -0.39 is 0 Å². The Morgan fingerprint density at radius 2 is 2.15 bits per heavy atom. The molecule has 2 amide bonds. The normalized spacial score (nSPS) is 14.2. The fourth-order valence-corrected chi connectivity index (χ4v) is 3.43. The van der Waals surface area contributed by atoms with Gasteiger partial charge < -0.3 is 15.2 Å². The maximum absolute atomic E-state index is 12.3. The third kappa shape index (κ3) is 2.81. The lowest BCUT2D eigenvalue weighted by molar-refractivity contribution is 0.251. The Morgan fingerprint density at radius 1 is 1.31 bits per heavy atom. The second kappa shape index (κ2) is 6.58. The molecule has 5 nitrogen and oxygen atoms in total. The summed E-state index contributed by atoms with van der Waals surface area (Å²) in [4.78, 5) is 16.5. The van der Waals surface area contributed by atoms with Gasteiger partial charge in [0.1, 0.15) is 0 Å². The van der Waals surface area contributed by atoms with Crippen LogP contribution in [0.3, 0.4) is 0 Å². The highest BCUT2D eigenvalue weighted by molar-refractivity contribution is 6.33. The summed E-state index contributed by atoms with van der Waals surface area (Å²) in [5, 5.41) is 6.06. The molecule has 1 unspecified atom stereocenters. The number of imidazole rings is 1. The van der Waals surface area contributed by atoms with Crippen molar-refractivity contribution >= 4 is 23.3 Å². The summed E-state index contributed by atoms with van der Waals surface area (Å²) in [6, 6.07) is 12.9. The molecule has 2 heterocycles. The van der Waals surface area contributed by atoms with E-state index in [1.807, 2.05) is 18.3 Å². The Bertz CT molecular complexity index is 1030. The lowest BCUT2D eigenvalue weighted by Gasteiger charge is -2.16. The second-order valence-corrected chi connectivity index (χ2v) is 6.37. The summed E-state index contributed by atoms with van der Waals surface area (Å²) < 4.78 is 2.07. The quantitative estimate of drug-likeness (QED) is 0.694. The second-order valence-electron chi connectivity index (χ2n) is 5.96. The number of hydrogen-bond acceptors (Lipinski definition) is 2. The highest BCUT2D eigenvalue weighted by Crippen LogP contribution is 2.38. The van der Waals surface area contributed by atoms with Crippen molar-refractivity contribution in [2.45, 2.75) is 6.04 Å². The van der Waals surface area contributed by atoms with Gasteiger partial charge in [0, 0.05) is 17.7 Å². The first-order valence-corrected chi connectivity index (χ1v) is 8.47. The number of fused-ring (bicyclic) bond motifs is 3. The molecule has 0 saturated heterocycles. The van der Waals surface area contributed by atoms with Crippen LogP contribution in [0.15, 0.2) is 55.0 Å². The van der Waals surface area contributed by atoms with Crippen molar-refractivity contribution in [3.63, 3.8) is 0 Å². The number of urea groups is 1. The molecule has 0 saturated carbocycles. The Labute approximate surface area is 156 Å². The van der Waals surface area contributed by atoms with Crippen LogP contribution in [0.5, 0.6) is 0 Å². The van der Waals surface area contributed by atoms with Gasteiger partial charge in [-0.1, -0.05) is 41.8 Å². The van der Waals surface area contributed by atoms with Gasteiger partial charge in [0.2, 0.25) is 0 Å². The van der Waals surface area contributed by atoms with Crippen molar-refractivity contribution in [3.05, 3.63) is 71.1 Å². The van der Waals surface area contributed by atoms with Crippen molar-refractivity contribution < 1.29 is 4.79 Å². The van der Waals surface area contributed by atoms with Gasteiger partial charge in [0.25, 0.3) is 0 Å². The maximum Gasteiger partial charge on any atom is 0.319 e. The summed E-state index contributed by atoms with van der Waals surface area (Å²) in [5.74, 6) is 2.51. The lowest BCUT2D eigenvalue weighted by atomic mass is 10.0. The summed E-state index contributed by atoms with van der Waals surface area (Å²) >= 11 is 6.15. The number of rotatable bonds is 3. The average Bonchev–Trinajstić information content (AvgIpc) is 3.23. The van der Waals surface area contributed by atoms with E-state index in [0.29, 0.717) is 22.8 Å². The van der Waals surface area contributed by atoms with Gasteiger partial charge in [-0.25, -0.2) is 9.78 Å². The maximum atomic E-state index is 12.3. The molecule has 2 N–H and O–H groups in total. The molecule has 1 atom stereocenters. The molecule has 2 aromatic carbocycles. The molecule has 128 valence electrons. The number of carbonyl (C=O) groups is 1. The molecule has 3 aromatic rings. The minimum Gasteiger partial charge on any atom is -0.335 e. The zero-order chi connectivity index (χ0) is 18.1. The minimum atomic E-state index is -0.327. The van der Waals surface area contributed by atoms with Crippen molar-refractivity contribution in [1.29, 1.82) is 0 Å². The summed E-state index contributed by atoms with van der Waals surface area (Å²) in [6.45, 7) is 0.437. The van der Waals surface area contributed by atoms with E-state index in [2.05, 4.69) is 38.2 Å². The van der Waals surface area contributed by atoms with E-state index in [4.69, 9.17) is 18.0 Å². The molecule has 1 aliphatic rings. The molecule has 1 aliphatic heterocycles. The lowest BCUT2D eigenvalue weighted by Crippen LogP contribution is -2.33. The predicted octanol–water partition coefficient (Wildman–Crippen LogP) is 3.91. The number of benzene rings is 2. The first-order valence-electron chi connectivity index (χ1n) is 8.09. The van der Waals surface area contributed by atoms with Gasteiger partial charge in [-0.05, 0) is 23.8 Å². The van der Waals surface area contributed by atoms with Crippen LogP contribution in [0.2, 0.25) is 5.02 Å². The van der Waals surface area contributed by atoms with E-state index in [1.165, 1.54) is 5.56 Å². The SMILES string of the molecule is C#Cc1ccc(NC(=O)NCC2c3ccccc3-c3cncn32)c(Cl)c1. The van der Waals surface area contributed by atoms with Crippen LogP contribution in [-0.4, -0.2) is 22.1 Å². The van der Waals surface area contributed by atoms with Crippen LogP contribution >= 0.6 is 11.6 Å². The molecular formula is C20H15ClN4O. The Morgan fingerprint density at radius 3 is 2.96 bits per heavy atom. The third-order valence-electron chi connectivity index (χ3n) is 4.44. The predicted molar refractivity (Wildman–Crippen MR) is 102 cm³/mol. The third-order valence-corrected chi connectivity index (χ3v) is 4.75. The highest BCUT2D eigenvalue weighted by Gasteiger charge is 2.28. The number of aromatic nitrogens is 2. The van der Waals surface area contributed by atoms with Crippen LogP contribution in [0, 0.1) is 12.3 Å². The zero-order valence-corrected chi connectivity index (χ0v) is 14.5. The van der Waals surface area contributed by atoms with Gasteiger partial charge >= 0.3 is 6.03 Å². The number of amides is 2. The van der Waals surface area contributed by atoms with Crippen LogP contribution < -0.4 is 10.6 Å². The Kier molecular flexibility index (Phi) is 4.11. The largest absolute Gasteiger partial charge is 0.335 e. The fourth-order valence-electron chi connectivity index (χ4n) is 3.20. The van der Waals surface area contributed by atoms with Crippen LogP contribution in [0.4, 0.5) is 10.5 Å². The number of nitrogens with one attached hydrogen (secondary N) is 2. The first kappa shape index (κ1) is 16.2. The molecule has 0 aliphatic carbocycles. The van der Waals surface area contributed by atoms with Gasteiger partial charge in [-0.2, -0.15) is 0 Å².